The van der Waals surface area contributed by atoms with Crippen LogP contribution in [0.15, 0.2) is 152 Å². The lowest BCUT2D eigenvalue weighted by atomic mass is 9.33. The molecular weight excluding hydrogens is 843 g/mol. The van der Waals surface area contributed by atoms with Crippen molar-refractivity contribution in [2.45, 2.75) is 35.5 Å². The molecule has 0 N–H and O–H groups in total. The number of para-hydroxylation sites is 2. The van der Waals surface area contributed by atoms with Gasteiger partial charge in [0, 0.05) is 56.1 Å². The van der Waals surface area contributed by atoms with Gasteiger partial charge in [-0.3, -0.25) is 0 Å². The van der Waals surface area contributed by atoms with Crippen LogP contribution in [0.1, 0.15) is 22.3 Å². The van der Waals surface area contributed by atoms with Crippen LogP contribution >= 0.6 is 0 Å². The van der Waals surface area contributed by atoms with Crippen LogP contribution in [-0.2, 0) is 23.7 Å². The summed E-state index contributed by atoms with van der Waals surface area (Å²) < 4.78 is 188. The molecule has 2 aliphatic carbocycles. The minimum atomic E-state index is -5.92. The van der Waals surface area contributed by atoms with Crippen molar-refractivity contribution in [3.8, 4) is 22.3 Å². The molecule has 0 saturated heterocycles. The van der Waals surface area contributed by atoms with Crippen molar-refractivity contribution in [3.05, 3.63) is 174 Å². The lowest BCUT2D eigenvalue weighted by Gasteiger charge is -2.45. The Labute approximate surface area is 350 Å². The third kappa shape index (κ3) is 4.79. The van der Waals surface area contributed by atoms with E-state index in [1.54, 1.807) is 109 Å². The third-order valence-corrected chi connectivity index (χ3v) is 12.7. The van der Waals surface area contributed by atoms with Crippen LogP contribution in [0.3, 0.4) is 0 Å². The van der Waals surface area contributed by atoms with Gasteiger partial charge in [-0.2, -0.15) is 52.7 Å². The zero-order chi connectivity index (χ0) is 44.2. The minimum Gasteiger partial charge on any atom is -0.311 e. The summed E-state index contributed by atoms with van der Waals surface area (Å²) in [5.41, 5.74) is -5.17. The van der Waals surface area contributed by atoms with Crippen LogP contribution in [0.2, 0.25) is 0 Å². The van der Waals surface area contributed by atoms with Crippen molar-refractivity contribution >= 4 is 57.2 Å². The van der Waals surface area contributed by atoms with E-state index in [-0.39, 0.29) is 50.5 Å². The van der Waals surface area contributed by atoms with Crippen molar-refractivity contribution in [2.75, 3.05) is 9.80 Å². The van der Waals surface area contributed by atoms with Crippen LogP contribution in [0, 0.1) is 0 Å². The van der Waals surface area contributed by atoms with Gasteiger partial charge in [0.15, 0.2) is 0 Å². The Bertz CT molecular complexity index is 2860. The van der Waals surface area contributed by atoms with Gasteiger partial charge in [0.2, 0.25) is 0 Å². The van der Waals surface area contributed by atoms with Crippen molar-refractivity contribution in [3.63, 3.8) is 0 Å². The first-order valence-corrected chi connectivity index (χ1v) is 19.5. The van der Waals surface area contributed by atoms with E-state index in [1.165, 1.54) is 28.0 Å². The summed E-state index contributed by atoms with van der Waals surface area (Å²) in [4.78, 5) is 2.85. The molecule has 0 saturated carbocycles. The van der Waals surface area contributed by atoms with Gasteiger partial charge in [0.05, 0.1) is 11.4 Å². The Morgan fingerprint density at radius 3 is 1.02 bits per heavy atom. The number of benzene rings is 7. The zero-order valence-electron chi connectivity index (χ0n) is 31.9. The van der Waals surface area contributed by atoms with Crippen molar-refractivity contribution in [1.82, 2.24) is 0 Å². The standard InChI is InChI=1S/C48H25BF12N2/c50-43(51)30-22-34-40(24-32(30)45(54,55)47(43,58)59)62(36-18-9-7-16-28(36)26-12-3-1-4-13-26)38-20-11-21-39-42(38)49(34)35-23-31-33(46(56,57)48(60,61)44(31,52)53)25-41(35)63(39)37-19-10-8-17-29(37)27-14-5-2-6-15-27/h1-25H. The average Bonchev–Trinajstić information content (AvgIpc) is 3.45. The molecule has 2 aliphatic heterocycles. The van der Waals surface area contributed by atoms with Gasteiger partial charge in [0.1, 0.15) is 0 Å². The highest BCUT2D eigenvalue weighted by Crippen LogP contribution is 2.65. The molecule has 63 heavy (non-hydrogen) atoms. The molecule has 11 rings (SSSR count). The summed E-state index contributed by atoms with van der Waals surface area (Å²) >= 11 is 0. The maximum atomic E-state index is 15.8. The number of hydrogen-bond acceptors (Lipinski definition) is 2. The van der Waals surface area contributed by atoms with E-state index in [9.17, 15) is 0 Å². The number of nitrogens with zero attached hydrogens (tertiary/aromatic N) is 2. The first-order valence-electron chi connectivity index (χ1n) is 19.5. The second-order valence-electron chi connectivity index (χ2n) is 15.9. The average molecular weight is 869 g/mol. The van der Waals surface area contributed by atoms with Crippen molar-refractivity contribution in [1.29, 1.82) is 0 Å². The molecule has 0 atom stereocenters. The molecule has 0 radical (unpaired) electrons. The second-order valence-corrected chi connectivity index (χ2v) is 15.9. The number of anilines is 6. The SMILES string of the molecule is FC1(F)c2cc3c(cc2C(F)(F)C1(F)F)N(c1ccccc1-c1ccccc1)c1cccc2c1B3c1cc3c(cc1N2c1ccccc1-c1ccccc1)C(F)(F)C(F)(F)C3(F)F. The topological polar surface area (TPSA) is 6.48 Å². The molecule has 0 aromatic heterocycles. The Hall–Kier alpha value is -6.64. The fourth-order valence-corrected chi connectivity index (χ4v) is 9.71. The van der Waals surface area contributed by atoms with Crippen LogP contribution in [0.5, 0.6) is 0 Å². The normalized spacial score (nSPS) is 19.5. The summed E-state index contributed by atoms with van der Waals surface area (Å²) in [5.74, 6) is -33.6. The molecule has 0 amide bonds. The van der Waals surface area contributed by atoms with Crippen LogP contribution < -0.4 is 26.2 Å². The van der Waals surface area contributed by atoms with Gasteiger partial charge in [-0.1, -0.05) is 115 Å². The van der Waals surface area contributed by atoms with Crippen molar-refractivity contribution in [2.24, 2.45) is 0 Å². The molecule has 0 unspecified atom stereocenters. The molecule has 7 aromatic carbocycles. The van der Waals surface area contributed by atoms with Gasteiger partial charge in [-0.25, -0.2) is 0 Å². The van der Waals surface area contributed by atoms with Gasteiger partial charge < -0.3 is 9.80 Å². The molecule has 7 aromatic rings. The fraction of sp³-hybridized carbons (Fsp3) is 0.125. The molecular formula is C48H25BF12N2. The summed E-state index contributed by atoms with van der Waals surface area (Å²) in [5, 5.41) is 0. The first kappa shape index (κ1) is 39.2. The lowest BCUT2D eigenvalue weighted by molar-refractivity contribution is -0.302. The molecule has 15 heteroatoms. The molecule has 2 heterocycles. The number of fused-ring (bicyclic) bond motifs is 6. The van der Waals surface area contributed by atoms with Gasteiger partial charge in [-0.05, 0) is 63.9 Å². The zero-order valence-corrected chi connectivity index (χ0v) is 31.9. The van der Waals surface area contributed by atoms with Crippen molar-refractivity contribution < 1.29 is 52.7 Å². The van der Waals surface area contributed by atoms with E-state index >= 15 is 52.7 Å². The third-order valence-electron chi connectivity index (χ3n) is 12.7. The smallest absolute Gasteiger partial charge is 0.311 e. The predicted molar refractivity (Wildman–Crippen MR) is 217 cm³/mol. The van der Waals surface area contributed by atoms with Gasteiger partial charge in [-0.15, -0.1) is 0 Å². The Morgan fingerprint density at radius 1 is 0.317 bits per heavy atom. The molecule has 0 spiro atoms. The fourth-order valence-electron chi connectivity index (χ4n) is 9.71. The number of rotatable bonds is 4. The predicted octanol–water partition coefficient (Wildman–Crippen LogP) is 12.8. The lowest BCUT2D eigenvalue weighted by Crippen LogP contribution is -2.61. The summed E-state index contributed by atoms with van der Waals surface area (Å²) in [6, 6.07) is 37.2. The minimum absolute atomic E-state index is 0.128. The van der Waals surface area contributed by atoms with Crippen LogP contribution in [-0.4, -0.2) is 18.6 Å². The summed E-state index contributed by atoms with van der Waals surface area (Å²) in [7, 11) is 0. The Morgan fingerprint density at radius 2 is 0.635 bits per heavy atom. The van der Waals surface area contributed by atoms with E-state index < -0.39 is 64.5 Å². The summed E-state index contributed by atoms with van der Waals surface area (Å²) in [6.07, 6.45) is 0. The quantitative estimate of drug-likeness (QED) is 0.128. The highest BCUT2D eigenvalue weighted by Gasteiger charge is 2.80. The monoisotopic (exact) mass is 868 g/mol. The Kier molecular flexibility index (Phi) is 7.79. The molecule has 314 valence electrons. The van der Waals surface area contributed by atoms with Crippen LogP contribution in [0.25, 0.3) is 22.3 Å². The van der Waals surface area contributed by atoms with Gasteiger partial charge in [0.25, 0.3) is 6.71 Å². The van der Waals surface area contributed by atoms with E-state index in [4.69, 9.17) is 0 Å². The van der Waals surface area contributed by atoms with E-state index in [0.717, 1.165) is 0 Å². The Balaban J connectivity index is 1.29. The molecule has 0 fully saturated rings. The largest absolute Gasteiger partial charge is 0.380 e. The maximum Gasteiger partial charge on any atom is 0.380 e. The van der Waals surface area contributed by atoms with E-state index in [0.29, 0.717) is 46.5 Å². The first-order chi connectivity index (χ1) is 29.8. The highest BCUT2D eigenvalue weighted by molar-refractivity contribution is 7.00. The molecule has 0 bridgehead atoms. The number of alkyl halides is 12. The van der Waals surface area contributed by atoms with E-state index in [2.05, 4.69) is 0 Å². The van der Waals surface area contributed by atoms with E-state index in [1.807, 2.05) is 0 Å². The maximum absolute atomic E-state index is 15.8. The number of halogens is 12. The second kappa shape index (κ2) is 12.5. The molecule has 2 nitrogen and oxygen atoms in total. The summed E-state index contributed by atoms with van der Waals surface area (Å²) in [6.45, 7) is -1.63. The molecule has 4 aliphatic rings. The van der Waals surface area contributed by atoms with Gasteiger partial charge >= 0.3 is 35.5 Å². The highest BCUT2D eigenvalue weighted by atomic mass is 19.4. The number of hydrogen-bond donors (Lipinski definition) is 0. The van der Waals surface area contributed by atoms with Crippen LogP contribution in [0.4, 0.5) is 86.8 Å².